The number of hydrogen-bond donors (Lipinski definition) is 1. The van der Waals surface area contributed by atoms with E-state index in [1.165, 1.54) is 12.8 Å². The van der Waals surface area contributed by atoms with Crippen molar-refractivity contribution in [3.63, 3.8) is 0 Å². The van der Waals surface area contributed by atoms with Gasteiger partial charge in [0.2, 0.25) is 0 Å². The van der Waals surface area contributed by atoms with Gasteiger partial charge in [0.25, 0.3) is 0 Å². The number of allylic oxidation sites excluding steroid dienone is 1. The molecule has 0 saturated heterocycles. The second-order valence-corrected chi connectivity index (χ2v) is 4.33. The number of aliphatic hydroxyl groups excluding tert-OH is 1. The van der Waals surface area contributed by atoms with E-state index >= 15 is 0 Å². The molecule has 0 heterocycles. The molecule has 1 N–H and O–H groups in total. The van der Waals surface area contributed by atoms with Crippen LogP contribution in [0.5, 0.6) is 0 Å². The van der Waals surface area contributed by atoms with Gasteiger partial charge in [-0.3, -0.25) is 0 Å². The molecule has 4 rings (SSSR count). The maximum atomic E-state index is 9.67. The Morgan fingerprint density at radius 1 is 1.09 bits per heavy atom. The molecule has 1 nitrogen and oxygen atoms in total. The van der Waals surface area contributed by atoms with Gasteiger partial charge in [0.1, 0.15) is 0 Å². The van der Waals surface area contributed by atoms with Gasteiger partial charge in [0.15, 0.2) is 0 Å². The van der Waals surface area contributed by atoms with Gasteiger partial charge in [-0.15, -0.1) is 0 Å². The Morgan fingerprint density at radius 3 is 2.36 bits per heavy atom. The van der Waals surface area contributed by atoms with Gasteiger partial charge in [0.05, 0.1) is 6.10 Å². The molecule has 11 heavy (non-hydrogen) atoms. The fraction of sp³-hybridized carbons (Fsp3) is 0.800. The van der Waals surface area contributed by atoms with Crippen molar-refractivity contribution in [1.82, 2.24) is 0 Å². The van der Waals surface area contributed by atoms with Gasteiger partial charge in [-0.2, -0.15) is 0 Å². The van der Waals surface area contributed by atoms with E-state index in [9.17, 15) is 5.11 Å². The second kappa shape index (κ2) is 1.89. The monoisotopic (exact) mass is 150 g/mol. The van der Waals surface area contributed by atoms with Crippen LogP contribution in [0.4, 0.5) is 0 Å². The van der Waals surface area contributed by atoms with E-state index in [1.54, 1.807) is 0 Å². The summed E-state index contributed by atoms with van der Waals surface area (Å²) < 4.78 is 0. The first-order chi connectivity index (χ1) is 5.36. The highest BCUT2D eigenvalue weighted by molar-refractivity contribution is 5.15. The smallest absolute Gasteiger partial charge is 0.0611 e. The van der Waals surface area contributed by atoms with Crippen molar-refractivity contribution >= 4 is 0 Å². The van der Waals surface area contributed by atoms with Crippen LogP contribution >= 0.6 is 0 Å². The molecule has 0 radical (unpaired) electrons. The van der Waals surface area contributed by atoms with Crippen molar-refractivity contribution in [1.29, 1.82) is 0 Å². The molecule has 0 amide bonds. The molecule has 0 aromatic heterocycles. The van der Waals surface area contributed by atoms with Gasteiger partial charge >= 0.3 is 0 Å². The van der Waals surface area contributed by atoms with Crippen LogP contribution in [-0.4, -0.2) is 11.2 Å². The van der Waals surface area contributed by atoms with E-state index in [-0.39, 0.29) is 6.10 Å². The zero-order valence-corrected chi connectivity index (χ0v) is 6.61. The molecule has 4 aliphatic rings. The highest BCUT2D eigenvalue weighted by atomic mass is 16.3. The highest BCUT2D eigenvalue weighted by Gasteiger charge is 2.49. The van der Waals surface area contributed by atoms with Gasteiger partial charge in [-0.05, 0) is 37.0 Å². The van der Waals surface area contributed by atoms with E-state index in [4.69, 9.17) is 0 Å². The number of aliphatic hydroxyl groups is 1. The molecular weight excluding hydrogens is 136 g/mol. The van der Waals surface area contributed by atoms with Gasteiger partial charge in [-0.1, -0.05) is 12.2 Å². The largest absolute Gasteiger partial charge is 0.392 e. The number of rotatable bonds is 0. The van der Waals surface area contributed by atoms with Gasteiger partial charge < -0.3 is 5.11 Å². The van der Waals surface area contributed by atoms with Crippen LogP contribution in [0.25, 0.3) is 0 Å². The van der Waals surface area contributed by atoms with Gasteiger partial charge in [0, 0.05) is 5.92 Å². The van der Waals surface area contributed by atoms with Crippen molar-refractivity contribution in [3.8, 4) is 0 Å². The van der Waals surface area contributed by atoms with E-state index < -0.39 is 0 Å². The number of hydrogen-bond acceptors (Lipinski definition) is 1. The SMILES string of the molecule is O[C@@H]1C[C@@H]2C=C[C@@H]1C1CCC12. The Bertz CT molecular complexity index is 209. The quantitative estimate of drug-likeness (QED) is 0.520. The maximum Gasteiger partial charge on any atom is 0.0611 e. The standard InChI is InChI=1S/C10H14O/c11-10-5-6-1-2-9(10)8-4-3-7(6)8/h1-2,6-11H,3-5H2/t6-,7?,8?,9+,10+/m0/s1. The molecule has 1 heteroatoms. The van der Waals surface area contributed by atoms with Crippen molar-refractivity contribution in [2.24, 2.45) is 23.7 Å². The highest BCUT2D eigenvalue weighted by Crippen LogP contribution is 2.54. The summed E-state index contributed by atoms with van der Waals surface area (Å²) in [6, 6.07) is 0. The molecule has 0 spiro atoms. The molecule has 2 bridgehead atoms. The molecule has 0 aromatic rings. The lowest BCUT2D eigenvalue weighted by atomic mass is 9.52. The van der Waals surface area contributed by atoms with Crippen LogP contribution < -0.4 is 0 Å². The lowest BCUT2D eigenvalue weighted by Crippen LogP contribution is -2.49. The summed E-state index contributed by atoms with van der Waals surface area (Å²) in [5, 5.41) is 9.67. The Kier molecular flexibility index (Phi) is 1.07. The van der Waals surface area contributed by atoms with E-state index in [1.807, 2.05) is 0 Å². The minimum atomic E-state index is -0.00782. The van der Waals surface area contributed by atoms with Crippen molar-refractivity contribution in [2.75, 3.05) is 0 Å². The predicted molar refractivity (Wildman–Crippen MR) is 43.0 cm³/mol. The Morgan fingerprint density at radius 2 is 1.91 bits per heavy atom. The lowest BCUT2D eigenvalue weighted by molar-refractivity contribution is -0.0578. The predicted octanol–water partition coefficient (Wildman–Crippen LogP) is 1.58. The summed E-state index contributed by atoms with van der Waals surface area (Å²) in [5.41, 5.74) is 0. The summed E-state index contributed by atoms with van der Waals surface area (Å²) in [4.78, 5) is 0. The fourth-order valence-corrected chi connectivity index (χ4v) is 3.22. The Balaban J connectivity index is 1.97. The molecular formula is C10H14O. The fourth-order valence-electron chi connectivity index (χ4n) is 3.22. The van der Waals surface area contributed by atoms with Gasteiger partial charge in [-0.25, -0.2) is 0 Å². The molecule has 60 valence electrons. The minimum absolute atomic E-state index is 0.00782. The average molecular weight is 150 g/mol. The lowest BCUT2D eigenvalue weighted by Gasteiger charge is -2.54. The van der Waals surface area contributed by atoms with Crippen molar-refractivity contribution in [3.05, 3.63) is 12.2 Å². The average Bonchev–Trinajstić information content (AvgIpc) is 1.89. The summed E-state index contributed by atoms with van der Waals surface area (Å²) in [5.74, 6) is 3.06. The normalized spacial score (nSPS) is 58.8. The maximum absolute atomic E-state index is 9.67. The molecule has 2 unspecified atom stereocenters. The summed E-state index contributed by atoms with van der Waals surface area (Å²) >= 11 is 0. The third-order valence-electron chi connectivity index (χ3n) is 3.97. The van der Waals surface area contributed by atoms with Crippen LogP contribution in [0.15, 0.2) is 12.2 Å². The zero-order chi connectivity index (χ0) is 7.42. The van der Waals surface area contributed by atoms with Crippen LogP contribution in [0.2, 0.25) is 0 Å². The Labute approximate surface area is 67.1 Å². The Hall–Kier alpha value is -0.300. The van der Waals surface area contributed by atoms with E-state index in [0.717, 1.165) is 24.2 Å². The van der Waals surface area contributed by atoms with Crippen LogP contribution in [0.1, 0.15) is 19.3 Å². The van der Waals surface area contributed by atoms with Crippen molar-refractivity contribution < 1.29 is 5.11 Å². The molecule has 2 fully saturated rings. The summed E-state index contributed by atoms with van der Waals surface area (Å²) in [6.45, 7) is 0. The van der Waals surface area contributed by atoms with Crippen molar-refractivity contribution in [2.45, 2.75) is 25.4 Å². The van der Waals surface area contributed by atoms with Crippen LogP contribution in [-0.2, 0) is 0 Å². The first-order valence-electron chi connectivity index (χ1n) is 4.72. The van der Waals surface area contributed by atoms with Crippen LogP contribution in [0.3, 0.4) is 0 Å². The topological polar surface area (TPSA) is 20.2 Å². The third-order valence-corrected chi connectivity index (χ3v) is 3.97. The molecule has 0 aromatic carbocycles. The molecule has 0 aliphatic heterocycles. The first-order valence-corrected chi connectivity index (χ1v) is 4.72. The molecule has 2 saturated carbocycles. The van der Waals surface area contributed by atoms with Crippen LogP contribution in [0, 0.1) is 23.7 Å². The zero-order valence-electron chi connectivity index (χ0n) is 6.61. The van der Waals surface area contributed by atoms with E-state index in [2.05, 4.69) is 12.2 Å². The van der Waals surface area contributed by atoms with E-state index in [0.29, 0.717) is 5.92 Å². The number of fused-ring (bicyclic) bond motifs is 1. The third kappa shape index (κ3) is 0.652. The summed E-state index contributed by atoms with van der Waals surface area (Å²) in [6.07, 6.45) is 8.43. The second-order valence-electron chi connectivity index (χ2n) is 4.33. The first kappa shape index (κ1) is 6.24. The minimum Gasteiger partial charge on any atom is -0.392 e. The molecule has 4 aliphatic carbocycles. The summed E-state index contributed by atoms with van der Waals surface area (Å²) in [7, 11) is 0. The molecule has 5 atom stereocenters.